The van der Waals surface area contributed by atoms with Crippen LogP contribution in [0.25, 0.3) is 0 Å². The molecule has 0 bridgehead atoms. The predicted octanol–water partition coefficient (Wildman–Crippen LogP) is 9.63. The number of benzene rings is 2. The Morgan fingerprint density at radius 2 is 0.741 bits per heavy atom. The topological polar surface area (TPSA) is 0 Å². The van der Waals surface area contributed by atoms with E-state index < -0.39 is 20.2 Å². The van der Waals surface area contributed by atoms with Gasteiger partial charge < -0.3 is 0 Å². The van der Waals surface area contributed by atoms with E-state index in [2.05, 4.69) is 6.92 Å². The number of rotatable bonds is 5. The van der Waals surface area contributed by atoms with Crippen molar-refractivity contribution in [2.24, 2.45) is 0 Å². The Kier molecular flexibility index (Phi) is 10.0. The van der Waals surface area contributed by atoms with Crippen LogP contribution in [0.5, 0.6) is 0 Å². The predicted molar refractivity (Wildman–Crippen MR) is 128 cm³/mol. The molecule has 148 valence electrons. The number of halogens is 10. The Hall–Kier alpha value is 2.16. The van der Waals surface area contributed by atoms with Gasteiger partial charge in [-0.3, -0.25) is 0 Å². The molecule has 0 N–H and O–H groups in total. The van der Waals surface area contributed by atoms with Crippen molar-refractivity contribution < 1.29 is 0 Å². The first-order valence-corrected chi connectivity index (χ1v) is 15.5. The molecule has 0 heterocycles. The fourth-order valence-electron chi connectivity index (χ4n) is 2.31. The van der Waals surface area contributed by atoms with Crippen LogP contribution in [-0.4, -0.2) is 20.2 Å². The van der Waals surface area contributed by atoms with Gasteiger partial charge in [-0.25, -0.2) is 0 Å². The van der Waals surface area contributed by atoms with E-state index in [1.165, 1.54) is 0 Å². The third kappa shape index (κ3) is 4.99. The van der Waals surface area contributed by atoms with Gasteiger partial charge in [-0.15, -0.1) is 0 Å². The quantitative estimate of drug-likeness (QED) is 0.168. The van der Waals surface area contributed by atoms with Gasteiger partial charge in [0.2, 0.25) is 0 Å². The zero-order valence-electron chi connectivity index (χ0n) is 13.3. The van der Waals surface area contributed by atoms with Crippen LogP contribution < -0.4 is 7.02 Å². The Balaban J connectivity index is 2.89. The number of unbranched alkanes of at least 4 members (excludes halogenated alkanes) is 1. The number of hydrogen-bond donors (Lipinski definition) is 0. The summed E-state index contributed by atoms with van der Waals surface area (Å²) in [5, 5.41) is 1.68. The number of hydrogen-bond acceptors (Lipinski definition) is 0. The molecule has 0 aromatic heterocycles. The van der Waals surface area contributed by atoms with Gasteiger partial charge in [0.05, 0.1) is 0 Å². The van der Waals surface area contributed by atoms with Gasteiger partial charge in [-0.2, -0.15) is 0 Å². The molecule has 0 radical (unpaired) electrons. The summed E-state index contributed by atoms with van der Waals surface area (Å²) in [6.45, 7) is 2.06. The summed E-state index contributed by atoms with van der Waals surface area (Å²) in [6.07, 6.45) is 1.83. The third-order valence-electron chi connectivity index (χ3n) is 3.65. The van der Waals surface area contributed by atoms with E-state index in [0.717, 1.165) is 17.2 Å². The monoisotopic (exact) mass is 672 g/mol. The molecule has 0 unspecified atom stereocenters. The van der Waals surface area contributed by atoms with Crippen LogP contribution in [-0.2, 0) is 0 Å². The SMILES string of the molecule is CCC[CH2][Sb]([c]1c(Cl)c(Cl)c(Cl)c(Cl)c1Cl)[c]1c(Cl)c(Cl)c(Cl)c(Cl)c1Cl. The van der Waals surface area contributed by atoms with Gasteiger partial charge in [-0.1, -0.05) is 0 Å². The normalized spacial score (nSPS) is 11.6. The molecule has 11 heteroatoms. The van der Waals surface area contributed by atoms with Gasteiger partial charge in [0.15, 0.2) is 0 Å². The Labute approximate surface area is 215 Å². The van der Waals surface area contributed by atoms with Gasteiger partial charge in [0, 0.05) is 0 Å². The molecule has 0 nitrogen and oxygen atoms in total. The summed E-state index contributed by atoms with van der Waals surface area (Å²) in [7, 11) is 0. The fraction of sp³-hybridized carbons (Fsp3) is 0.250. The second-order valence-corrected chi connectivity index (χ2v) is 15.4. The van der Waals surface area contributed by atoms with E-state index in [9.17, 15) is 0 Å². The van der Waals surface area contributed by atoms with Crippen molar-refractivity contribution in [2.45, 2.75) is 24.1 Å². The summed E-state index contributed by atoms with van der Waals surface area (Å²) in [5.74, 6) is 0. The van der Waals surface area contributed by atoms with Crippen LogP contribution in [0, 0.1) is 0 Å². The molecule has 0 atom stereocenters. The summed E-state index contributed by atoms with van der Waals surface area (Å²) >= 11 is 60.6. The molecule has 0 amide bonds. The molecule has 0 spiro atoms. The fourth-order valence-corrected chi connectivity index (χ4v) is 15.8. The Morgan fingerprint density at radius 1 is 0.481 bits per heavy atom. The standard InChI is InChI=1S/2C6Cl5.C4H9.Sb/c2*7-2-1-3(8)5(10)6(11)4(2)9;1-3-4-2;/h;;1,3-4H2,2H3;. The van der Waals surface area contributed by atoms with Crippen LogP contribution in [0.1, 0.15) is 19.8 Å². The van der Waals surface area contributed by atoms with Crippen LogP contribution in [0.3, 0.4) is 0 Å². The van der Waals surface area contributed by atoms with Crippen molar-refractivity contribution in [3.05, 3.63) is 50.2 Å². The maximum atomic E-state index is 6.52. The van der Waals surface area contributed by atoms with Crippen molar-refractivity contribution in [1.82, 2.24) is 0 Å². The second-order valence-electron chi connectivity index (χ2n) is 5.34. The van der Waals surface area contributed by atoms with E-state index >= 15 is 0 Å². The first-order chi connectivity index (χ1) is 12.6. The summed E-state index contributed by atoms with van der Waals surface area (Å²) < 4.78 is 2.03. The Bertz CT molecular complexity index is 768. The van der Waals surface area contributed by atoms with Crippen LogP contribution in [0.2, 0.25) is 54.6 Å². The molecule has 0 saturated carbocycles. The molecule has 0 fully saturated rings. The zero-order valence-corrected chi connectivity index (χ0v) is 23.5. The van der Waals surface area contributed by atoms with E-state index in [-0.39, 0.29) is 50.2 Å². The molecule has 27 heavy (non-hydrogen) atoms. The van der Waals surface area contributed by atoms with Crippen molar-refractivity contribution in [2.75, 3.05) is 0 Å². The molecular weight excluding hydrogens is 668 g/mol. The first-order valence-electron chi connectivity index (χ1n) is 7.36. The van der Waals surface area contributed by atoms with Crippen molar-refractivity contribution >= 4 is 143 Å². The van der Waals surface area contributed by atoms with Crippen LogP contribution in [0.4, 0.5) is 0 Å². The van der Waals surface area contributed by atoms with Gasteiger partial charge in [-0.05, 0) is 0 Å². The van der Waals surface area contributed by atoms with Crippen molar-refractivity contribution in [1.29, 1.82) is 0 Å². The Morgan fingerprint density at radius 3 is 1.00 bits per heavy atom. The van der Waals surface area contributed by atoms with E-state index in [1.807, 2.05) is 0 Å². The summed E-state index contributed by atoms with van der Waals surface area (Å²) in [6, 6.07) is 0. The van der Waals surface area contributed by atoms with Gasteiger partial charge in [0.25, 0.3) is 0 Å². The molecule has 2 rings (SSSR count). The van der Waals surface area contributed by atoms with Crippen LogP contribution in [0.15, 0.2) is 0 Å². The molecule has 0 saturated heterocycles. The van der Waals surface area contributed by atoms with E-state index in [1.54, 1.807) is 0 Å². The molecule has 0 aliphatic carbocycles. The molecule has 0 aliphatic rings. The van der Waals surface area contributed by atoms with E-state index in [4.69, 9.17) is 116 Å². The molecule has 2 aromatic rings. The van der Waals surface area contributed by atoms with Gasteiger partial charge in [0.1, 0.15) is 0 Å². The molecule has 2 aromatic carbocycles. The van der Waals surface area contributed by atoms with Crippen LogP contribution >= 0.6 is 116 Å². The van der Waals surface area contributed by atoms with Gasteiger partial charge >= 0.3 is 218 Å². The minimum atomic E-state index is -2.83. The first kappa shape index (κ1) is 25.4. The zero-order chi connectivity index (χ0) is 20.6. The third-order valence-corrected chi connectivity index (χ3v) is 17.6. The van der Waals surface area contributed by atoms with E-state index in [0.29, 0.717) is 7.02 Å². The average molecular weight is 678 g/mol. The molecular formula is C16H9Cl10Sb. The second kappa shape index (κ2) is 10.7. The minimum absolute atomic E-state index is 0.0948. The molecule has 0 aliphatic heterocycles. The summed E-state index contributed by atoms with van der Waals surface area (Å²) in [4.78, 5) is 0. The average Bonchev–Trinajstić information content (AvgIpc) is 2.65. The van der Waals surface area contributed by atoms with Crippen molar-refractivity contribution in [3.8, 4) is 0 Å². The van der Waals surface area contributed by atoms with Crippen molar-refractivity contribution in [3.63, 3.8) is 0 Å². The summed E-state index contributed by atoms with van der Waals surface area (Å²) in [5.41, 5.74) is 0. The maximum absolute atomic E-state index is 6.52.